The molecule has 142 valence electrons. The fourth-order valence-electron chi connectivity index (χ4n) is 2.34. The van der Waals surface area contributed by atoms with Gasteiger partial charge in [-0.25, -0.2) is 4.68 Å². The van der Waals surface area contributed by atoms with E-state index < -0.39 is 0 Å². The molecular weight excluding hydrogens is 371 g/mol. The number of carbonyl (C=O) groups excluding carboxylic acids is 1. The van der Waals surface area contributed by atoms with Gasteiger partial charge in [-0.2, -0.15) is 5.10 Å². The standard InChI is InChI=1S/C19H26Cl2N4O/c1-5-6-9-22-12-18(26)23-17-11-16(19(2,3)4)24-25(17)13-7-8-14(20)15(21)10-13/h7-8,10-11,22H,5-6,9,12H2,1-4H3,(H,23,26). The lowest BCUT2D eigenvalue weighted by atomic mass is 9.92. The van der Waals surface area contributed by atoms with Crippen molar-refractivity contribution in [2.75, 3.05) is 18.4 Å². The van der Waals surface area contributed by atoms with Crippen molar-refractivity contribution < 1.29 is 4.79 Å². The highest BCUT2D eigenvalue weighted by Gasteiger charge is 2.21. The van der Waals surface area contributed by atoms with Gasteiger partial charge in [0.25, 0.3) is 0 Å². The van der Waals surface area contributed by atoms with Crippen molar-refractivity contribution in [3.63, 3.8) is 0 Å². The first-order valence-corrected chi connectivity index (χ1v) is 9.54. The molecule has 0 radical (unpaired) electrons. The first-order chi connectivity index (χ1) is 12.2. The molecular formula is C19H26Cl2N4O. The van der Waals surface area contributed by atoms with E-state index in [1.807, 2.05) is 12.1 Å². The number of carbonyl (C=O) groups is 1. The van der Waals surface area contributed by atoms with Crippen LogP contribution in [0.25, 0.3) is 5.69 Å². The number of anilines is 1. The van der Waals surface area contributed by atoms with E-state index in [0.29, 0.717) is 15.9 Å². The molecule has 2 rings (SSSR count). The second-order valence-electron chi connectivity index (χ2n) is 7.25. The average molecular weight is 397 g/mol. The van der Waals surface area contributed by atoms with E-state index in [0.717, 1.165) is 30.8 Å². The molecule has 0 saturated carbocycles. The Morgan fingerprint density at radius 1 is 1.19 bits per heavy atom. The zero-order valence-corrected chi connectivity index (χ0v) is 17.2. The quantitative estimate of drug-likeness (QED) is 0.660. The molecule has 0 unspecified atom stereocenters. The van der Waals surface area contributed by atoms with Crippen molar-refractivity contribution in [3.8, 4) is 5.69 Å². The Bertz CT molecular complexity index is 765. The van der Waals surface area contributed by atoms with Gasteiger partial charge < -0.3 is 10.6 Å². The van der Waals surface area contributed by atoms with Gasteiger partial charge in [-0.15, -0.1) is 0 Å². The van der Waals surface area contributed by atoms with E-state index >= 15 is 0 Å². The largest absolute Gasteiger partial charge is 0.309 e. The Morgan fingerprint density at radius 3 is 2.54 bits per heavy atom. The summed E-state index contributed by atoms with van der Waals surface area (Å²) >= 11 is 12.2. The van der Waals surface area contributed by atoms with Gasteiger partial charge in [-0.1, -0.05) is 57.3 Å². The van der Waals surface area contributed by atoms with Gasteiger partial charge >= 0.3 is 0 Å². The maximum absolute atomic E-state index is 12.3. The minimum Gasteiger partial charge on any atom is -0.309 e. The smallest absolute Gasteiger partial charge is 0.239 e. The lowest BCUT2D eigenvalue weighted by molar-refractivity contribution is -0.115. The van der Waals surface area contributed by atoms with Crippen LogP contribution in [-0.2, 0) is 10.2 Å². The summed E-state index contributed by atoms with van der Waals surface area (Å²) in [5, 5.41) is 11.7. The maximum Gasteiger partial charge on any atom is 0.239 e. The molecule has 5 nitrogen and oxygen atoms in total. The molecule has 0 spiro atoms. The molecule has 1 heterocycles. The summed E-state index contributed by atoms with van der Waals surface area (Å²) in [6, 6.07) is 7.17. The van der Waals surface area contributed by atoms with Crippen LogP contribution in [0.15, 0.2) is 24.3 Å². The van der Waals surface area contributed by atoms with Gasteiger partial charge in [0.1, 0.15) is 5.82 Å². The van der Waals surface area contributed by atoms with Crippen LogP contribution in [-0.4, -0.2) is 28.8 Å². The minimum absolute atomic E-state index is 0.109. The zero-order valence-electron chi connectivity index (χ0n) is 15.7. The molecule has 1 aromatic carbocycles. The van der Waals surface area contributed by atoms with Gasteiger partial charge in [-0.05, 0) is 31.2 Å². The topological polar surface area (TPSA) is 59.0 Å². The molecule has 1 amide bonds. The zero-order chi connectivity index (χ0) is 19.3. The highest BCUT2D eigenvalue weighted by Crippen LogP contribution is 2.29. The van der Waals surface area contributed by atoms with Crippen molar-refractivity contribution in [1.29, 1.82) is 0 Å². The number of unbranched alkanes of at least 4 members (excludes halogenated alkanes) is 1. The number of rotatable bonds is 7. The monoisotopic (exact) mass is 396 g/mol. The van der Waals surface area contributed by atoms with Crippen LogP contribution in [0.3, 0.4) is 0 Å². The number of hydrogen-bond acceptors (Lipinski definition) is 3. The third kappa shape index (κ3) is 5.47. The Morgan fingerprint density at radius 2 is 1.92 bits per heavy atom. The number of amides is 1. The summed E-state index contributed by atoms with van der Waals surface area (Å²) in [6.45, 7) is 9.43. The fraction of sp³-hybridized carbons (Fsp3) is 0.474. The first-order valence-electron chi connectivity index (χ1n) is 8.79. The molecule has 0 bridgehead atoms. The Labute approximate surface area is 165 Å². The second-order valence-corrected chi connectivity index (χ2v) is 8.07. The summed E-state index contributed by atoms with van der Waals surface area (Å²) < 4.78 is 1.69. The SMILES string of the molecule is CCCCNCC(=O)Nc1cc(C(C)(C)C)nn1-c1ccc(Cl)c(Cl)c1. The predicted molar refractivity (Wildman–Crippen MR) is 109 cm³/mol. The van der Waals surface area contributed by atoms with Crippen LogP contribution in [0.5, 0.6) is 0 Å². The van der Waals surface area contributed by atoms with Gasteiger partial charge in [-0.3, -0.25) is 4.79 Å². The van der Waals surface area contributed by atoms with Gasteiger partial charge in [0.05, 0.1) is 28.0 Å². The fourth-order valence-corrected chi connectivity index (χ4v) is 2.63. The molecule has 1 aromatic heterocycles. The van der Waals surface area contributed by atoms with E-state index in [1.54, 1.807) is 16.8 Å². The molecule has 0 saturated heterocycles. The molecule has 0 aliphatic heterocycles. The molecule has 0 fully saturated rings. The molecule has 0 atom stereocenters. The lowest BCUT2D eigenvalue weighted by Crippen LogP contribution is -2.29. The molecule has 7 heteroatoms. The van der Waals surface area contributed by atoms with Crippen molar-refractivity contribution in [1.82, 2.24) is 15.1 Å². The Hall–Kier alpha value is -1.56. The molecule has 0 aliphatic carbocycles. The third-order valence-corrected chi connectivity index (χ3v) is 4.62. The summed E-state index contributed by atoms with van der Waals surface area (Å²) in [5.41, 5.74) is 1.46. The van der Waals surface area contributed by atoms with Crippen LogP contribution >= 0.6 is 23.2 Å². The van der Waals surface area contributed by atoms with E-state index in [1.165, 1.54) is 0 Å². The van der Waals surface area contributed by atoms with Crippen molar-refractivity contribution in [2.24, 2.45) is 0 Å². The first kappa shape index (κ1) is 20.7. The number of nitrogens with one attached hydrogen (secondary N) is 2. The second kappa shape index (κ2) is 8.89. The predicted octanol–water partition coefficient (Wildman–Crippen LogP) is 4.80. The normalized spacial score (nSPS) is 11.6. The highest BCUT2D eigenvalue weighted by atomic mass is 35.5. The number of nitrogens with zero attached hydrogens (tertiary/aromatic N) is 2. The summed E-state index contributed by atoms with van der Waals surface area (Å²) in [5.74, 6) is 0.498. The van der Waals surface area contributed by atoms with Crippen LogP contribution in [0.1, 0.15) is 46.2 Å². The molecule has 26 heavy (non-hydrogen) atoms. The Kier molecular flexibility index (Phi) is 7.09. The number of benzene rings is 1. The lowest BCUT2D eigenvalue weighted by Gasteiger charge is -2.14. The summed E-state index contributed by atoms with van der Waals surface area (Å²) in [4.78, 5) is 12.3. The van der Waals surface area contributed by atoms with Crippen LogP contribution < -0.4 is 10.6 Å². The van der Waals surface area contributed by atoms with E-state index in [4.69, 9.17) is 23.2 Å². The minimum atomic E-state index is -0.152. The van der Waals surface area contributed by atoms with E-state index in [2.05, 4.69) is 43.4 Å². The Balaban J connectivity index is 2.27. The molecule has 2 aromatic rings. The number of halogens is 2. The van der Waals surface area contributed by atoms with Gasteiger partial charge in [0.2, 0.25) is 5.91 Å². The molecule has 0 aliphatic rings. The van der Waals surface area contributed by atoms with E-state index in [9.17, 15) is 4.79 Å². The van der Waals surface area contributed by atoms with Crippen molar-refractivity contribution in [3.05, 3.63) is 40.0 Å². The van der Waals surface area contributed by atoms with Crippen LogP contribution in [0.4, 0.5) is 5.82 Å². The maximum atomic E-state index is 12.3. The van der Waals surface area contributed by atoms with Crippen molar-refractivity contribution >= 4 is 34.9 Å². The van der Waals surface area contributed by atoms with Crippen molar-refractivity contribution in [2.45, 2.75) is 46.0 Å². The van der Waals surface area contributed by atoms with Gasteiger partial charge in [0.15, 0.2) is 0 Å². The highest BCUT2D eigenvalue weighted by molar-refractivity contribution is 6.42. The van der Waals surface area contributed by atoms with Crippen LogP contribution in [0.2, 0.25) is 10.0 Å². The van der Waals surface area contributed by atoms with E-state index in [-0.39, 0.29) is 17.9 Å². The van der Waals surface area contributed by atoms with Gasteiger partial charge in [0, 0.05) is 11.5 Å². The number of aromatic nitrogens is 2. The van der Waals surface area contributed by atoms with Crippen LogP contribution in [0, 0.1) is 0 Å². The third-order valence-electron chi connectivity index (χ3n) is 3.89. The molecule has 2 N–H and O–H groups in total. The summed E-state index contributed by atoms with van der Waals surface area (Å²) in [7, 11) is 0. The summed E-state index contributed by atoms with van der Waals surface area (Å²) in [6.07, 6.45) is 2.14. The average Bonchev–Trinajstić information content (AvgIpc) is 2.98. The number of hydrogen-bond donors (Lipinski definition) is 2.